The second kappa shape index (κ2) is 8.37. The third kappa shape index (κ3) is 4.06. The second-order valence-corrected chi connectivity index (χ2v) is 7.87. The Morgan fingerprint density at radius 2 is 1.93 bits per heavy atom. The smallest absolute Gasteiger partial charge is 0.269 e. The average molecular weight is 413 g/mol. The SMILES string of the molecule is COc1cc(C(C)NC(=O)c2[nH]c3ccccc3c2Cl)ccc1OC1CCCC1. The highest BCUT2D eigenvalue weighted by Gasteiger charge is 2.21. The fourth-order valence-electron chi connectivity index (χ4n) is 3.85. The Morgan fingerprint density at radius 3 is 2.66 bits per heavy atom. The van der Waals surface area contributed by atoms with Crippen LogP contribution >= 0.6 is 11.6 Å². The molecule has 6 heteroatoms. The summed E-state index contributed by atoms with van der Waals surface area (Å²) >= 11 is 6.40. The number of halogens is 1. The molecule has 1 atom stereocenters. The Hall–Kier alpha value is -2.66. The molecule has 5 nitrogen and oxygen atoms in total. The molecule has 1 aliphatic carbocycles. The van der Waals surface area contributed by atoms with Crippen LogP contribution in [0, 0.1) is 0 Å². The number of para-hydroxylation sites is 1. The van der Waals surface area contributed by atoms with E-state index in [2.05, 4.69) is 10.3 Å². The van der Waals surface area contributed by atoms with Crippen molar-refractivity contribution in [2.24, 2.45) is 0 Å². The lowest BCUT2D eigenvalue weighted by atomic mass is 10.1. The summed E-state index contributed by atoms with van der Waals surface area (Å²) < 4.78 is 11.6. The minimum atomic E-state index is -0.246. The lowest BCUT2D eigenvalue weighted by Crippen LogP contribution is -2.27. The number of nitrogens with one attached hydrogen (secondary N) is 2. The van der Waals surface area contributed by atoms with Crippen molar-refractivity contribution >= 4 is 28.4 Å². The fourth-order valence-corrected chi connectivity index (χ4v) is 4.15. The normalized spacial score (nSPS) is 15.4. The summed E-state index contributed by atoms with van der Waals surface area (Å²) in [5, 5.41) is 4.28. The lowest BCUT2D eigenvalue weighted by molar-refractivity contribution is 0.0936. The minimum absolute atomic E-state index is 0.223. The van der Waals surface area contributed by atoms with Gasteiger partial charge in [-0.05, 0) is 56.4 Å². The fraction of sp³-hybridized carbons (Fsp3) is 0.348. The van der Waals surface area contributed by atoms with E-state index in [1.54, 1.807) is 7.11 Å². The number of hydrogen-bond donors (Lipinski definition) is 2. The van der Waals surface area contributed by atoms with Crippen molar-refractivity contribution < 1.29 is 14.3 Å². The minimum Gasteiger partial charge on any atom is -0.493 e. The first-order valence-corrected chi connectivity index (χ1v) is 10.4. The van der Waals surface area contributed by atoms with Gasteiger partial charge < -0.3 is 19.8 Å². The van der Waals surface area contributed by atoms with E-state index >= 15 is 0 Å². The van der Waals surface area contributed by atoms with E-state index in [1.165, 1.54) is 12.8 Å². The Balaban J connectivity index is 1.50. The van der Waals surface area contributed by atoms with Gasteiger partial charge in [0.25, 0.3) is 5.91 Å². The molecule has 0 saturated heterocycles. The van der Waals surface area contributed by atoms with E-state index in [1.807, 2.05) is 49.4 Å². The number of ether oxygens (including phenoxy) is 2. The molecule has 3 aromatic rings. The number of methoxy groups -OCH3 is 1. The highest BCUT2D eigenvalue weighted by molar-refractivity contribution is 6.38. The number of fused-ring (bicyclic) bond motifs is 1. The highest BCUT2D eigenvalue weighted by Crippen LogP contribution is 2.34. The summed E-state index contributed by atoms with van der Waals surface area (Å²) in [6, 6.07) is 13.2. The number of carbonyl (C=O) groups is 1. The predicted molar refractivity (Wildman–Crippen MR) is 115 cm³/mol. The van der Waals surface area contributed by atoms with Crippen LogP contribution in [0.5, 0.6) is 11.5 Å². The zero-order valence-electron chi connectivity index (χ0n) is 16.6. The van der Waals surface area contributed by atoms with E-state index in [0.29, 0.717) is 16.5 Å². The van der Waals surface area contributed by atoms with Gasteiger partial charge in [0.15, 0.2) is 11.5 Å². The van der Waals surface area contributed by atoms with Crippen LogP contribution in [0.3, 0.4) is 0 Å². The van der Waals surface area contributed by atoms with Crippen molar-refractivity contribution in [3.8, 4) is 11.5 Å². The molecular weight excluding hydrogens is 388 g/mol. The summed E-state index contributed by atoms with van der Waals surface area (Å²) in [6.45, 7) is 1.93. The first-order chi connectivity index (χ1) is 14.1. The van der Waals surface area contributed by atoms with Crippen LogP contribution in [-0.2, 0) is 0 Å². The van der Waals surface area contributed by atoms with Gasteiger partial charge >= 0.3 is 0 Å². The first-order valence-electron chi connectivity index (χ1n) is 9.98. The van der Waals surface area contributed by atoms with E-state index in [-0.39, 0.29) is 18.1 Å². The van der Waals surface area contributed by atoms with E-state index in [9.17, 15) is 4.79 Å². The predicted octanol–water partition coefficient (Wildman–Crippen LogP) is 5.64. The third-order valence-corrected chi connectivity index (χ3v) is 5.89. The molecule has 1 fully saturated rings. The van der Waals surface area contributed by atoms with Gasteiger partial charge in [-0.2, -0.15) is 0 Å². The summed E-state index contributed by atoms with van der Waals surface area (Å²) in [7, 11) is 1.63. The van der Waals surface area contributed by atoms with Gasteiger partial charge in [0.1, 0.15) is 5.69 Å². The quantitative estimate of drug-likeness (QED) is 0.550. The van der Waals surface area contributed by atoms with Crippen molar-refractivity contribution in [2.75, 3.05) is 7.11 Å². The number of carbonyl (C=O) groups excluding carboxylic acids is 1. The molecule has 29 heavy (non-hydrogen) atoms. The standard InChI is InChI=1S/C23H25ClN2O3/c1-14(25-23(27)22-21(24)17-9-5-6-10-18(17)26-22)15-11-12-19(20(13-15)28-2)29-16-7-3-4-8-16/h5-6,9-14,16,26H,3-4,7-8H2,1-2H3,(H,25,27). The number of aromatic nitrogens is 1. The number of benzene rings is 2. The average Bonchev–Trinajstić information content (AvgIpc) is 3.36. The van der Waals surface area contributed by atoms with Gasteiger partial charge in [-0.15, -0.1) is 0 Å². The van der Waals surface area contributed by atoms with Crippen LogP contribution in [0.15, 0.2) is 42.5 Å². The van der Waals surface area contributed by atoms with Gasteiger partial charge in [0.05, 0.1) is 24.3 Å². The van der Waals surface area contributed by atoms with Crippen molar-refractivity contribution in [3.63, 3.8) is 0 Å². The van der Waals surface area contributed by atoms with Crippen LogP contribution in [0.25, 0.3) is 10.9 Å². The number of hydrogen-bond acceptors (Lipinski definition) is 3. The maximum absolute atomic E-state index is 12.8. The van der Waals surface area contributed by atoms with Crippen LogP contribution in [-0.4, -0.2) is 24.1 Å². The highest BCUT2D eigenvalue weighted by atomic mass is 35.5. The summed E-state index contributed by atoms with van der Waals surface area (Å²) in [5.41, 5.74) is 2.14. The first kappa shape index (κ1) is 19.6. The van der Waals surface area contributed by atoms with Gasteiger partial charge in [-0.25, -0.2) is 0 Å². The summed E-state index contributed by atoms with van der Waals surface area (Å²) in [4.78, 5) is 15.9. The molecule has 1 saturated carbocycles. The molecule has 1 unspecified atom stereocenters. The number of aromatic amines is 1. The lowest BCUT2D eigenvalue weighted by Gasteiger charge is -2.19. The van der Waals surface area contributed by atoms with Crippen molar-refractivity contribution in [1.82, 2.24) is 10.3 Å². The second-order valence-electron chi connectivity index (χ2n) is 7.49. The Bertz CT molecular complexity index is 1020. The Morgan fingerprint density at radius 1 is 1.17 bits per heavy atom. The van der Waals surface area contributed by atoms with Gasteiger partial charge in [0, 0.05) is 10.9 Å². The zero-order valence-corrected chi connectivity index (χ0v) is 17.4. The largest absolute Gasteiger partial charge is 0.493 e. The van der Waals surface area contributed by atoms with Crippen LogP contribution in [0.2, 0.25) is 5.02 Å². The van der Waals surface area contributed by atoms with Crippen LogP contribution in [0.4, 0.5) is 0 Å². The number of amides is 1. The van der Waals surface area contributed by atoms with Gasteiger partial charge in [-0.3, -0.25) is 4.79 Å². The molecule has 0 spiro atoms. The Labute approximate surface area is 175 Å². The molecule has 0 bridgehead atoms. The Kier molecular flexibility index (Phi) is 5.67. The number of H-pyrrole nitrogens is 1. The topological polar surface area (TPSA) is 63.3 Å². The van der Waals surface area contributed by atoms with Gasteiger partial charge in [0.2, 0.25) is 0 Å². The van der Waals surface area contributed by atoms with E-state index in [0.717, 1.165) is 35.1 Å². The summed E-state index contributed by atoms with van der Waals surface area (Å²) in [6.07, 6.45) is 4.86. The van der Waals surface area contributed by atoms with Crippen molar-refractivity contribution in [3.05, 3.63) is 58.7 Å². The monoisotopic (exact) mass is 412 g/mol. The van der Waals surface area contributed by atoms with Crippen LogP contribution < -0.4 is 14.8 Å². The molecular formula is C23H25ClN2O3. The van der Waals surface area contributed by atoms with Gasteiger partial charge in [-0.1, -0.05) is 35.9 Å². The molecule has 2 N–H and O–H groups in total. The van der Waals surface area contributed by atoms with Crippen molar-refractivity contribution in [1.29, 1.82) is 0 Å². The molecule has 1 heterocycles. The zero-order chi connectivity index (χ0) is 20.4. The molecule has 1 aliphatic rings. The maximum Gasteiger partial charge on any atom is 0.269 e. The number of rotatable bonds is 6. The molecule has 0 radical (unpaired) electrons. The molecule has 4 rings (SSSR count). The van der Waals surface area contributed by atoms with Crippen molar-refractivity contribution in [2.45, 2.75) is 44.8 Å². The van der Waals surface area contributed by atoms with Crippen LogP contribution in [0.1, 0.15) is 54.7 Å². The molecule has 0 aliphatic heterocycles. The molecule has 1 aromatic heterocycles. The molecule has 1 amide bonds. The summed E-state index contributed by atoms with van der Waals surface area (Å²) in [5.74, 6) is 1.18. The molecule has 2 aromatic carbocycles. The van der Waals surface area contributed by atoms with E-state index in [4.69, 9.17) is 21.1 Å². The van der Waals surface area contributed by atoms with E-state index < -0.39 is 0 Å². The third-order valence-electron chi connectivity index (χ3n) is 5.50. The molecule has 152 valence electrons. The maximum atomic E-state index is 12.8.